The van der Waals surface area contributed by atoms with Gasteiger partial charge < -0.3 is 15.0 Å². The van der Waals surface area contributed by atoms with E-state index in [1.54, 1.807) is 13.3 Å². The van der Waals surface area contributed by atoms with Gasteiger partial charge in [-0.25, -0.2) is 15.0 Å². The zero-order chi connectivity index (χ0) is 23.8. The van der Waals surface area contributed by atoms with Gasteiger partial charge in [0.2, 0.25) is 5.91 Å². The van der Waals surface area contributed by atoms with E-state index < -0.39 is 0 Å². The molecule has 182 valence electrons. The van der Waals surface area contributed by atoms with Crippen LogP contribution in [0.1, 0.15) is 37.2 Å². The molecule has 0 spiro atoms. The molecule has 35 heavy (non-hydrogen) atoms. The fourth-order valence-corrected chi connectivity index (χ4v) is 4.77. The van der Waals surface area contributed by atoms with E-state index >= 15 is 0 Å². The van der Waals surface area contributed by atoms with Crippen molar-refractivity contribution < 1.29 is 9.53 Å². The lowest BCUT2D eigenvalue weighted by atomic mass is 10.1. The maximum Gasteiger partial charge on any atom is 0.228 e. The predicted molar refractivity (Wildman–Crippen MR) is 134 cm³/mol. The third-order valence-corrected chi connectivity index (χ3v) is 7.14. The monoisotopic (exact) mass is 473 g/mol. The van der Waals surface area contributed by atoms with Gasteiger partial charge in [-0.2, -0.15) is 0 Å². The maximum atomic E-state index is 12.2. The number of nitrogens with one attached hydrogen (secondary N) is 1. The van der Waals surface area contributed by atoms with Crippen LogP contribution < -0.4 is 10.2 Å². The van der Waals surface area contributed by atoms with Crippen molar-refractivity contribution in [2.75, 3.05) is 56.7 Å². The van der Waals surface area contributed by atoms with Crippen molar-refractivity contribution >= 4 is 28.4 Å². The molecule has 0 radical (unpaired) electrons. The van der Waals surface area contributed by atoms with Gasteiger partial charge in [0, 0.05) is 69.1 Å². The number of aromatic nitrogens is 4. The number of anilines is 2. The summed E-state index contributed by atoms with van der Waals surface area (Å²) < 4.78 is 5.26. The first kappa shape index (κ1) is 22.3. The molecule has 6 rings (SSSR count). The Morgan fingerprint density at radius 2 is 1.94 bits per heavy atom. The number of amides is 1. The van der Waals surface area contributed by atoms with Crippen LogP contribution >= 0.6 is 0 Å². The van der Waals surface area contributed by atoms with Gasteiger partial charge in [0.05, 0.1) is 18.3 Å². The molecule has 0 aromatic carbocycles. The molecular formula is C26H31N7O2. The summed E-state index contributed by atoms with van der Waals surface area (Å²) >= 11 is 0. The molecular weight excluding hydrogens is 442 g/mol. The van der Waals surface area contributed by atoms with Gasteiger partial charge in [-0.3, -0.25) is 14.7 Å². The van der Waals surface area contributed by atoms with E-state index in [4.69, 9.17) is 14.7 Å². The van der Waals surface area contributed by atoms with Gasteiger partial charge in [0.1, 0.15) is 11.6 Å². The highest BCUT2D eigenvalue weighted by molar-refractivity contribution is 5.95. The van der Waals surface area contributed by atoms with E-state index in [1.807, 2.05) is 24.5 Å². The highest BCUT2D eigenvalue weighted by Crippen LogP contribution is 2.45. The Kier molecular flexibility index (Phi) is 6.03. The first-order valence-corrected chi connectivity index (χ1v) is 12.6. The minimum absolute atomic E-state index is 0.0411. The van der Waals surface area contributed by atoms with Gasteiger partial charge in [0.15, 0.2) is 5.82 Å². The fourth-order valence-electron chi connectivity index (χ4n) is 4.77. The van der Waals surface area contributed by atoms with Gasteiger partial charge in [-0.15, -0.1) is 0 Å². The van der Waals surface area contributed by atoms with Crippen molar-refractivity contribution in [3.63, 3.8) is 0 Å². The fraction of sp³-hybridized carbons (Fsp3) is 0.500. The van der Waals surface area contributed by atoms with Crippen LogP contribution in [0.15, 0.2) is 30.7 Å². The summed E-state index contributed by atoms with van der Waals surface area (Å²) in [4.78, 5) is 36.0. The van der Waals surface area contributed by atoms with Crippen LogP contribution in [0.2, 0.25) is 0 Å². The highest BCUT2D eigenvalue weighted by Gasteiger charge is 2.31. The van der Waals surface area contributed by atoms with Gasteiger partial charge in [0.25, 0.3) is 0 Å². The minimum atomic E-state index is 0.0411. The number of nitrogens with zero attached hydrogens (tertiary/aromatic N) is 6. The normalized spacial score (nSPS) is 18.7. The molecule has 3 aromatic rings. The van der Waals surface area contributed by atoms with Crippen molar-refractivity contribution in [2.45, 2.75) is 31.6 Å². The van der Waals surface area contributed by atoms with Crippen LogP contribution in [-0.2, 0) is 9.53 Å². The highest BCUT2D eigenvalue weighted by atomic mass is 16.5. The van der Waals surface area contributed by atoms with Crippen molar-refractivity contribution in [3.8, 4) is 11.4 Å². The topological polar surface area (TPSA) is 96.4 Å². The summed E-state index contributed by atoms with van der Waals surface area (Å²) in [6, 6.07) is 3.77. The number of rotatable bonds is 8. The smallest absolute Gasteiger partial charge is 0.228 e. The summed E-state index contributed by atoms with van der Waals surface area (Å²) in [7, 11) is 1.75. The Morgan fingerprint density at radius 3 is 2.69 bits per heavy atom. The number of hydrogen-bond donors (Lipinski definition) is 1. The number of carbonyl (C=O) groups excluding carboxylic acids is 1. The molecule has 9 heteroatoms. The Hall–Kier alpha value is -3.17. The van der Waals surface area contributed by atoms with Gasteiger partial charge in [-0.05, 0) is 49.3 Å². The summed E-state index contributed by atoms with van der Waals surface area (Å²) in [6.45, 7) is 5.45. The molecule has 1 aliphatic heterocycles. The number of hydrogen-bond acceptors (Lipinski definition) is 8. The van der Waals surface area contributed by atoms with Crippen molar-refractivity contribution in [1.29, 1.82) is 0 Å². The number of fused-ring (bicyclic) bond motifs is 1. The number of methoxy groups -OCH3 is 1. The summed E-state index contributed by atoms with van der Waals surface area (Å²) in [5.41, 5.74) is 2.97. The van der Waals surface area contributed by atoms with Crippen LogP contribution in [0.4, 0.5) is 11.6 Å². The number of pyridine rings is 2. The first-order valence-electron chi connectivity index (χ1n) is 12.6. The van der Waals surface area contributed by atoms with E-state index in [2.05, 4.69) is 25.1 Å². The lowest BCUT2D eigenvalue weighted by molar-refractivity contribution is -0.117. The second kappa shape index (κ2) is 9.47. The van der Waals surface area contributed by atoms with E-state index in [0.717, 1.165) is 74.5 Å². The third kappa shape index (κ3) is 4.83. The average Bonchev–Trinajstić information content (AvgIpc) is 3.80. The average molecular weight is 474 g/mol. The maximum absolute atomic E-state index is 12.2. The summed E-state index contributed by atoms with van der Waals surface area (Å²) in [5.74, 6) is 2.88. The molecule has 2 saturated carbocycles. The first-order chi connectivity index (χ1) is 17.2. The van der Waals surface area contributed by atoms with E-state index in [0.29, 0.717) is 17.6 Å². The summed E-state index contributed by atoms with van der Waals surface area (Å²) in [5, 5.41) is 4.07. The van der Waals surface area contributed by atoms with Crippen LogP contribution in [0.5, 0.6) is 0 Å². The zero-order valence-corrected chi connectivity index (χ0v) is 20.1. The Balaban J connectivity index is 1.36. The predicted octanol–water partition coefficient (Wildman–Crippen LogP) is 3.08. The lowest BCUT2D eigenvalue weighted by Crippen LogP contribution is -2.47. The van der Waals surface area contributed by atoms with Crippen LogP contribution in [0.3, 0.4) is 0 Å². The van der Waals surface area contributed by atoms with Gasteiger partial charge >= 0.3 is 0 Å². The van der Waals surface area contributed by atoms with Crippen LogP contribution in [-0.4, -0.2) is 77.2 Å². The SMILES string of the molecule is COCCN1CCN(c2nc(-c3ccnc(NC(=O)C4CC4)c3)nc3cncc(C4CC4)c23)CC1. The third-order valence-electron chi connectivity index (χ3n) is 7.14. The molecule has 1 amide bonds. The Bertz CT molecular complexity index is 1230. The molecule has 3 aliphatic rings. The number of ether oxygens (including phenoxy) is 1. The van der Waals surface area contributed by atoms with Crippen molar-refractivity contribution in [2.24, 2.45) is 5.92 Å². The Labute approximate surface area is 204 Å². The molecule has 0 bridgehead atoms. The molecule has 3 aromatic heterocycles. The van der Waals surface area contributed by atoms with E-state index in [9.17, 15) is 4.79 Å². The van der Waals surface area contributed by atoms with Crippen LogP contribution in [0, 0.1) is 5.92 Å². The largest absolute Gasteiger partial charge is 0.383 e. The van der Waals surface area contributed by atoms with E-state index in [1.165, 1.54) is 18.4 Å². The molecule has 4 heterocycles. The quantitative estimate of drug-likeness (QED) is 0.533. The molecule has 0 atom stereocenters. The second-order valence-electron chi connectivity index (χ2n) is 9.78. The summed E-state index contributed by atoms with van der Waals surface area (Å²) in [6.07, 6.45) is 9.86. The Morgan fingerprint density at radius 1 is 1.11 bits per heavy atom. The van der Waals surface area contributed by atoms with Crippen LogP contribution in [0.25, 0.3) is 22.3 Å². The zero-order valence-electron chi connectivity index (χ0n) is 20.1. The van der Waals surface area contributed by atoms with E-state index in [-0.39, 0.29) is 11.8 Å². The molecule has 1 saturated heterocycles. The lowest BCUT2D eigenvalue weighted by Gasteiger charge is -2.36. The molecule has 1 N–H and O–H groups in total. The van der Waals surface area contributed by atoms with Crippen molar-refractivity contribution in [3.05, 3.63) is 36.3 Å². The van der Waals surface area contributed by atoms with Gasteiger partial charge in [-0.1, -0.05) is 0 Å². The van der Waals surface area contributed by atoms with Crippen molar-refractivity contribution in [1.82, 2.24) is 24.8 Å². The molecule has 0 unspecified atom stereocenters. The number of piperazine rings is 1. The molecule has 9 nitrogen and oxygen atoms in total. The standard InChI is InChI=1S/C26H31N7O2/c1-35-13-12-32-8-10-33(11-9-32)25-23-20(17-2-3-17)15-27-16-21(23)29-24(31-25)19-6-7-28-22(14-19)30-26(34)18-4-5-18/h6-7,14-18H,2-5,8-13H2,1H3,(H,28,30,34). The second-order valence-corrected chi connectivity index (χ2v) is 9.78. The minimum Gasteiger partial charge on any atom is -0.383 e. The molecule has 2 aliphatic carbocycles. The molecule has 3 fully saturated rings. The number of carbonyl (C=O) groups is 1.